The maximum absolute atomic E-state index is 13.6. The van der Waals surface area contributed by atoms with E-state index >= 15 is 0 Å². The first-order chi connectivity index (χ1) is 23.8. The highest BCUT2D eigenvalue weighted by Crippen LogP contribution is 2.47. The minimum atomic E-state index is -0.997. The van der Waals surface area contributed by atoms with Crippen LogP contribution in [0.1, 0.15) is 126 Å². The number of pyridine rings is 1. The SMILES string of the molecule is CCCCCCCCCCCCCCCC(=O)N(CC(=O)Nc1ccc2c(c1)C[C@@]1(C2)C(=O)Nc2ncccc21)C1CCCN(C(=O)O)C1. The van der Waals surface area contributed by atoms with Gasteiger partial charge in [0.15, 0.2) is 0 Å². The van der Waals surface area contributed by atoms with Crippen molar-refractivity contribution in [1.82, 2.24) is 14.8 Å². The zero-order chi connectivity index (χ0) is 34.6. The Morgan fingerprint density at radius 2 is 1.63 bits per heavy atom. The summed E-state index contributed by atoms with van der Waals surface area (Å²) in [5, 5.41) is 15.5. The molecule has 10 nitrogen and oxygen atoms in total. The minimum absolute atomic E-state index is 0.0523. The second-order valence-electron chi connectivity index (χ2n) is 14.4. The summed E-state index contributed by atoms with van der Waals surface area (Å²) in [5.74, 6) is 0.156. The molecule has 3 aliphatic rings. The molecule has 1 saturated heterocycles. The zero-order valence-corrected chi connectivity index (χ0v) is 29.3. The fourth-order valence-electron chi connectivity index (χ4n) is 7.94. The van der Waals surface area contributed by atoms with Crippen molar-refractivity contribution in [3.8, 4) is 0 Å². The summed E-state index contributed by atoms with van der Waals surface area (Å²) < 4.78 is 0. The molecule has 1 aromatic heterocycles. The lowest BCUT2D eigenvalue weighted by Crippen LogP contribution is -2.53. The van der Waals surface area contributed by atoms with E-state index in [1.54, 1.807) is 11.1 Å². The molecule has 1 spiro atoms. The number of benzene rings is 1. The lowest BCUT2D eigenvalue weighted by Gasteiger charge is -2.38. The van der Waals surface area contributed by atoms with Crippen molar-refractivity contribution in [3.05, 3.63) is 53.2 Å². The quantitative estimate of drug-likeness (QED) is 0.141. The summed E-state index contributed by atoms with van der Waals surface area (Å²) in [7, 11) is 0. The van der Waals surface area contributed by atoms with Gasteiger partial charge in [-0.1, -0.05) is 96.1 Å². The van der Waals surface area contributed by atoms with E-state index in [1.165, 1.54) is 69.1 Å². The monoisotopic (exact) mass is 673 g/mol. The molecule has 49 heavy (non-hydrogen) atoms. The molecule has 10 heteroatoms. The highest BCUT2D eigenvalue weighted by molar-refractivity contribution is 6.06. The van der Waals surface area contributed by atoms with Gasteiger partial charge in [0.05, 0.1) is 11.5 Å². The molecule has 0 bridgehead atoms. The first kappa shape index (κ1) is 36.3. The van der Waals surface area contributed by atoms with Crippen LogP contribution in [-0.2, 0) is 32.6 Å². The molecule has 1 unspecified atom stereocenters. The van der Waals surface area contributed by atoms with Crippen molar-refractivity contribution in [1.29, 1.82) is 0 Å². The van der Waals surface area contributed by atoms with E-state index in [4.69, 9.17) is 0 Å². The number of nitrogens with zero attached hydrogens (tertiary/aromatic N) is 3. The summed E-state index contributed by atoms with van der Waals surface area (Å²) in [6, 6.07) is 9.21. The zero-order valence-electron chi connectivity index (χ0n) is 29.3. The van der Waals surface area contributed by atoms with Crippen LogP contribution in [0.3, 0.4) is 0 Å². The number of anilines is 2. The molecule has 1 aromatic carbocycles. The van der Waals surface area contributed by atoms with Crippen molar-refractivity contribution in [2.45, 2.75) is 134 Å². The molecule has 1 aliphatic carbocycles. The number of hydrogen-bond donors (Lipinski definition) is 3. The largest absolute Gasteiger partial charge is 0.465 e. The average molecular weight is 674 g/mol. The molecule has 1 fully saturated rings. The van der Waals surface area contributed by atoms with Crippen LogP contribution in [0.5, 0.6) is 0 Å². The normalized spacial score (nSPS) is 19.4. The number of carbonyl (C=O) groups is 4. The Morgan fingerprint density at radius 1 is 0.959 bits per heavy atom. The van der Waals surface area contributed by atoms with E-state index in [1.807, 2.05) is 30.3 Å². The second kappa shape index (κ2) is 17.6. The Morgan fingerprint density at radius 3 is 2.33 bits per heavy atom. The Kier molecular flexibility index (Phi) is 13.1. The van der Waals surface area contributed by atoms with E-state index in [0.717, 1.165) is 36.0 Å². The van der Waals surface area contributed by atoms with Gasteiger partial charge in [0.1, 0.15) is 12.4 Å². The highest BCUT2D eigenvalue weighted by atomic mass is 16.4. The van der Waals surface area contributed by atoms with Crippen LogP contribution in [0.25, 0.3) is 0 Å². The van der Waals surface area contributed by atoms with Crippen molar-refractivity contribution < 1.29 is 24.3 Å². The molecule has 2 aromatic rings. The van der Waals surface area contributed by atoms with Gasteiger partial charge < -0.3 is 25.5 Å². The van der Waals surface area contributed by atoms with Crippen molar-refractivity contribution in [2.24, 2.45) is 0 Å². The van der Waals surface area contributed by atoms with E-state index in [2.05, 4.69) is 22.5 Å². The lowest BCUT2D eigenvalue weighted by molar-refractivity contribution is -0.138. The summed E-state index contributed by atoms with van der Waals surface area (Å²) in [4.78, 5) is 59.2. The Bertz CT molecular complexity index is 1460. The Balaban J connectivity index is 1.11. The first-order valence-electron chi connectivity index (χ1n) is 18.8. The molecule has 0 saturated carbocycles. The van der Waals surface area contributed by atoms with E-state index in [-0.39, 0.29) is 36.9 Å². The van der Waals surface area contributed by atoms with E-state index in [0.29, 0.717) is 50.2 Å². The molecule has 2 atom stereocenters. The number of carboxylic acid groups (broad SMARTS) is 1. The van der Waals surface area contributed by atoms with Gasteiger partial charge in [-0.3, -0.25) is 14.4 Å². The highest BCUT2D eigenvalue weighted by Gasteiger charge is 2.51. The van der Waals surface area contributed by atoms with Crippen LogP contribution in [0, 0.1) is 0 Å². The maximum atomic E-state index is 13.6. The number of rotatable bonds is 18. The number of amides is 4. The third kappa shape index (κ3) is 9.40. The lowest BCUT2D eigenvalue weighted by atomic mass is 9.79. The van der Waals surface area contributed by atoms with Gasteiger partial charge in [-0.25, -0.2) is 9.78 Å². The molecular weight excluding hydrogens is 618 g/mol. The molecule has 0 radical (unpaired) electrons. The minimum Gasteiger partial charge on any atom is -0.465 e. The number of carbonyl (C=O) groups excluding carboxylic acids is 3. The van der Waals surface area contributed by atoms with Crippen LogP contribution in [0.4, 0.5) is 16.3 Å². The summed E-state index contributed by atoms with van der Waals surface area (Å²) >= 11 is 0. The molecule has 2 aliphatic heterocycles. The van der Waals surface area contributed by atoms with Gasteiger partial charge in [-0.05, 0) is 61.4 Å². The van der Waals surface area contributed by atoms with Gasteiger partial charge in [-0.15, -0.1) is 0 Å². The topological polar surface area (TPSA) is 132 Å². The molecule has 3 N–H and O–H groups in total. The third-order valence-electron chi connectivity index (χ3n) is 10.7. The number of unbranched alkanes of at least 4 members (excludes halogenated alkanes) is 12. The smallest absolute Gasteiger partial charge is 0.407 e. The van der Waals surface area contributed by atoms with Crippen LogP contribution < -0.4 is 10.6 Å². The van der Waals surface area contributed by atoms with Gasteiger partial charge in [-0.2, -0.15) is 0 Å². The summed E-state index contributed by atoms with van der Waals surface area (Å²) in [5.41, 5.74) is 2.90. The fourth-order valence-corrected chi connectivity index (χ4v) is 7.94. The van der Waals surface area contributed by atoms with Crippen LogP contribution in [-0.4, -0.2) is 69.4 Å². The van der Waals surface area contributed by atoms with Crippen LogP contribution in [0.2, 0.25) is 0 Å². The van der Waals surface area contributed by atoms with E-state index in [9.17, 15) is 24.3 Å². The van der Waals surface area contributed by atoms with Gasteiger partial charge >= 0.3 is 6.09 Å². The van der Waals surface area contributed by atoms with E-state index < -0.39 is 11.5 Å². The first-order valence-corrected chi connectivity index (χ1v) is 18.8. The van der Waals surface area contributed by atoms with Gasteiger partial charge in [0, 0.05) is 37.0 Å². The number of hydrogen-bond acceptors (Lipinski definition) is 5. The van der Waals surface area contributed by atoms with Crippen molar-refractivity contribution in [2.75, 3.05) is 30.3 Å². The maximum Gasteiger partial charge on any atom is 0.407 e. The van der Waals surface area contributed by atoms with Crippen LogP contribution >= 0.6 is 0 Å². The summed E-state index contributed by atoms with van der Waals surface area (Å²) in [6.45, 7) is 2.78. The number of fused-ring (bicyclic) bond motifs is 3. The van der Waals surface area contributed by atoms with Crippen molar-refractivity contribution >= 4 is 35.3 Å². The number of aromatic nitrogens is 1. The summed E-state index contributed by atoms with van der Waals surface area (Å²) in [6.07, 6.45) is 19.4. The predicted molar refractivity (Wildman–Crippen MR) is 192 cm³/mol. The second-order valence-corrected chi connectivity index (χ2v) is 14.4. The number of nitrogens with one attached hydrogen (secondary N) is 2. The average Bonchev–Trinajstić information content (AvgIpc) is 3.61. The Hall–Kier alpha value is -3.95. The van der Waals surface area contributed by atoms with Crippen molar-refractivity contribution in [3.63, 3.8) is 0 Å². The number of piperidine rings is 1. The molecule has 4 amide bonds. The third-order valence-corrected chi connectivity index (χ3v) is 10.7. The van der Waals surface area contributed by atoms with Gasteiger partial charge in [0.2, 0.25) is 17.7 Å². The molecular formula is C39H55N5O5. The number of likely N-dealkylation sites (tertiary alicyclic amines) is 1. The molecule has 5 rings (SSSR count). The standard InChI is InChI=1S/C39H55N5O5/c1-2-3-4-5-6-7-8-9-10-11-12-13-14-19-35(46)44(32-17-16-23-43(27-32)38(48)49)28-34(45)41-31-21-20-29-25-39(26-30(29)24-31)33-18-15-22-40-36(33)42-37(39)47/h15,18,20-22,24,32H,2-14,16-17,19,23,25-28H2,1H3,(H,41,45)(H,48,49)(H,40,42,47)/t32?,39-/m1/s1. The van der Waals surface area contributed by atoms with Crippen LogP contribution in [0.15, 0.2) is 36.5 Å². The molecule has 3 heterocycles. The predicted octanol–water partition coefficient (Wildman–Crippen LogP) is 7.46. The fraction of sp³-hybridized carbons (Fsp3) is 0.615. The van der Waals surface area contributed by atoms with Gasteiger partial charge in [0.25, 0.3) is 0 Å². The molecule has 266 valence electrons. The Labute approximate surface area is 291 Å².